The van der Waals surface area contributed by atoms with E-state index in [0.29, 0.717) is 0 Å². The van der Waals surface area contributed by atoms with Crippen LogP contribution in [0.5, 0.6) is 5.75 Å². The molecule has 2 aromatic rings. The standard InChI is InChI=1S/C22H28N2O3/c25-22(24-9-7-15-12-23-13-16(15)8-10-24)14-26-17-5-6-21-19(11-17)18-3-1-2-4-20(18)27-21/h5-6,11,15-16,23H,1-4,7-10,12-14H2/t15-,16+. The summed E-state index contributed by atoms with van der Waals surface area (Å²) < 4.78 is 11.9. The van der Waals surface area contributed by atoms with Crippen LogP contribution in [0, 0.1) is 11.8 Å². The Kier molecular flexibility index (Phi) is 4.56. The molecule has 0 spiro atoms. The van der Waals surface area contributed by atoms with E-state index in [1.54, 1.807) is 0 Å². The fraction of sp³-hybridized carbons (Fsp3) is 0.591. The maximum atomic E-state index is 12.7. The van der Waals surface area contributed by atoms with Gasteiger partial charge in [-0.2, -0.15) is 0 Å². The topological polar surface area (TPSA) is 54.7 Å². The van der Waals surface area contributed by atoms with Crippen molar-refractivity contribution in [3.8, 4) is 5.75 Å². The predicted octanol–water partition coefficient (Wildman–Crippen LogP) is 3.15. The number of carbonyl (C=O) groups excluding carboxylic acids is 1. The van der Waals surface area contributed by atoms with Gasteiger partial charge < -0.3 is 19.4 Å². The fourth-order valence-electron chi connectivity index (χ4n) is 5.04. The number of hydrogen-bond donors (Lipinski definition) is 1. The highest BCUT2D eigenvalue weighted by molar-refractivity contribution is 5.84. The second kappa shape index (κ2) is 7.19. The van der Waals surface area contributed by atoms with Crippen molar-refractivity contribution in [2.24, 2.45) is 11.8 Å². The first-order chi connectivity index (χ1) is 13.3. The molecule has 2 atom stereocenters. The van der Waals surface area contributed by atoms with E-state index in [1.807, 2.05) is 17.0 Å². The van der Waals surface area contributed by atoms with Gasteiger partial charge >= 0.3 is 0 Å². The van der Waals surface area contributed by atoms with Crippen molar-refractivity contribution in [2.75, 3.05) is 32.8 Å². The smallest absolute Gasteiger partial charge is 0.260 e. The van der Waals surface area contributed by atoms with E-state index in [9.17, 15) is 4.79 Å². The third-order valence-corrected chi connectivity index (χ3v) is 6.66. The number of ether oxygens (including phenoxy) is 1. The summed E-state index contributed by atoms with van der Waals surface area (Å²) in [6.45, 7) is 4.06. The van der Waals surface area contributed by atoms with Gasteiger partial charge in [-0.05, 0) is 75.2 Å². The van der Waals surface area contributed by atoms with Gasteiger partial charge in [-0.1, -0.05) is 0 Å². The van der Waals surface area contributed by atoms with E-state index in [1.165, 1.54) is 18.4 Å². The predicted molar refractivity (Wildman–Crippen MR) is 104 cm³/mol. The Morgan fingerprint density at radius 2 is 1.93 bits per heavy atom. The van der Waals surface area contributed by atoms with Crippen LogP contribution in [-0.2, 0) is 17.6 Å². The summed E-state index contributed by atoms with van der Waals surface area (Å²) in [5.41, 5.74) is 2.27. The second-order valence-corrected chi connectivity index (χ2v) is 8.29. The second-order valence-electron chi connectivity index (χ2n) is 8.29. The van der Waals surface area contributed by atoms with E-state index in [4.69, 9.17) is 9.15 Å². The average molecular weight is 368 g/mol. The molecule has 3 aliphatic rings. The first kappa shape index (κ1) is 17.1. The molecule has 1 aliphatic carbocycles. The van der Waals surface area contributed by atoms with Gasteiger partial charge in [0.25, 0.3) is 5.91 Å². The van der Waals surface area contributed by atoms with Crippen molar-refractivity contribution >= 4 is 16.9 Å². The number of amides is 1. The van der Waals surface area contributed by atoms with Crippen molar-refractivity contribution in [3.05, 3.63) is 29.5 Å². The first-order valence-electron chi connectivity index (χ1n) is 10.4. The lowest BCUT2D eigenvalue weighted by Crippen LogP contribution is -2.36. The maximum Gasteiger partial charge on any atom is 0.260 e. The van der Waals surface area contributed by atoms with E-state index in [-0.39, 0.29) is 12.5 Å². The van der Waals surface area contributed by atoms with E-state index >= 15 is 0 Å². The Morgan fingerprint density at radius 3 is 2.74 bits per heavy atom. The quantitative estimate of drug-likeness (QED) is 0.904. The Bertz CT molecular complexity index is 829. The summed E-state index contributed by atoms with van der Waals surface area (Å²) in [6, 6.07) is 5.95. The Morgan fingerprint density at radius 1 is 1.15 bits per heavy atom. The van der Waals surface area contributed by atoms with Crippen molar-refractivity contribution in [1.82, 2.24) is 10.2 Å². The molecule has 1 amide bonds. The number of likely N-dealkylation sites (tertiary alicyclic amines) is 1. The molecular formula is C22H28N2O3. The molecule has 1 N–H and O–H groups in total. The van der Waals surface area contributed by atoms with Gasteiger partial charge in [-0.3, -0.25) is 4.79 Å². The van der Waals surface area contributed by atoms with Crippen molar-refractivity contribution < 1.29 is 13.9 Å². The number of aryl methyl sites for hydroxylation is 2. The van der Waals surface area contributed by atoms with Crippen LogP contribution in [0.3, 0.4) is 0 Å². The molecule has 1 aromatic heterocycles. The highest BCUT2D eigenvalue weighted by Gasteiger charge is 2.31. The van der Waals surface area contributed by atoms with Crippen LogP contribution in [0.15, 0.2) is 22.6 Å². The number of carbonyl (C=O) groups is 1. The minimum Gasteiger partial charge on any atom is -0.484 e. The SMILES string of the molecule is O=C(COc1ccc2oc3c(c2c1)CCCC3)N1CC[C@@H]2CNC[C@@H]2CC1. The number of nitrogens with one attached hydrogen (secondary N) is 1. The van der Waals surface area contributed by atoms with Crippen LogP contribution in [-0.4, -0.2) is 43.6 Å². The summed E-state index contributed by atoms with van der Waals surface area (Å²) in [4.78, 5) is 14.7. The van der Waals surface area contributed by atoms with Gasteiger partial charge in [-0.25, -0.2) is 0 Å². The molecule has 2 fully saturated rings. The molecule has 5 nitrogen and oxygen atoms in total. The number of rotatable bonds is 3. The lowest BCUT2D eigenvalue weighted by Gasteiger charge is -2.21. The monoisotopic (exact) mass is 368 g/mol. The van der Waals surface area contributed by atoms with Gasteiger partial charge in [-0.15, -0.1) is 0 Å². The van der Waals surface area contributed by atoms with Crippen molar-refractivity contribution in [3.63, 3.8) is 0 Å². The highest BCUT2D eigenvalue weighted by Crippen LogP contribution is 2.34. The molecule has 2 saturated heterocycles. The molecular weight excluding hydrogens is 340 g/mol. The largest absolute Gasteiger partial charge is 0.484 e. The minimum atomic E-state index is 0.109. The number of benzene rings is 1. The number of fused-ring (bicyclic) bond motifs is 4. The van der Waals surface area contributed by atoms with Gasteiger partial charge in [0.15, 0.2) is 6.61 Å². The normalized spacial score (nSPS) is 25.1. The summed E-state index contributed by atoms with van der Waals surface area (Å²) in [7, 11) is 0. The average Bonchev–Trinajstić information content (AvgIpc) is 3.24. The summed E-state index contributed by atoms with van der Waals surface area (Å²) >= 11 is 0. The molecule has 0 bridgehead atoms. The Balaban J connectivity index is 1.23. The summed E-state index contributed by atoms with van der Waals surface area (Å²) in [5, 5.41) is 4.64. The minimum absolute atomic E-state index is 0.109. The van der Waals surface area contributed by atoms with Gasteiger partial charge in [0.2, 0.25) is 0 Å². The zero-order valence-corrected chi connectivity index (χ0v) is 15.8. The van der Waals surface area contributed by atoms with Crippen LogP contribution in [0.25, 0.3) is 11.0 Å². The molecule has 2 aliphatic heterocycles. The zero-order chi connectivity index (χ0) is 18.2. The molecule has 3 heterocycles. The van der Waals surface area contributed by atoms with E-state index in [2.05, 4.69) is 11.4 Å². The van der Waals surface area contributed by atoms with Crippen LogP contribution in [0.4, 0.5) is 0 Å². The maximum absolute atomic E-state index is 12.7. The van der Waals surface area contributed by atoms with Crippen molar-refractivity contribution in [1.29, 1.82) is 0 Å². The summed E-state index contributed by atoms with van der Waals surface area (Å²) in [6.07, 6.45) is 6.75. The highest BCUT2D eigenvalue weighted by atomic mass is 16.5. The molecule has 0 saturated carbocycles. The summed E-state index contributed by atoms with van der Waals surface area (Å²) in [5.74, 6) is 3.48. The molecule has 5 heteroatoms. The Labute approximate surface area is 160 Å². The molecule has 1 aromatic carbocycles. The lowest BCUT2D eigenvalue weighted by molar-refractivity contribution is -0.133. The van der Waals surface area contributed by atoms with Crippen LogP contribution >= 0.6 is 0 Å². The number of furan rings is 1. The van der Waals surface area contributed by atoms with Crippen LogP contribution in [0.2, 0.25) is 0 Å². The lowest BCUT2D eigenvalue weighted by atomic mass is 9.92. The third-order valence-electron chi connectivity index (χ3n) is 6.66. The molecule has 27 heavy (non-hydrogen) atoms. The molecule has 5 rings (SSSR count). The molecule has 0 unspecified atom stereocenters. The molecule has 144 valence electrons. The van der Waals surface area contributed by atoms with Gasteiger partial charge in [0.05, 0.1) is 0 Å². The Hall–Kier alpha value is -2.01. The number of hydrogen-bond acceptors (Lipinski definition) is 4. The van der Waals surface area contributed by atoms with Gasteiger partial charge in [0.1, 0.15) is 17.1 Å². The van der Waals surface area contributed by atoms with Gasteiger partial charge in [0, 0.05) is 30.5 Å². The molecule has 0 radical (unpaired) electrons. The van der Waals surface area contributed by atoms with Crippen LogP contribution < -0.4 is 10.1 Å². The number of nitrogens with zero attached hydrogens (tertiary/aromatic N) is 1. The van der Waals surface area contributed by atoms with E-state index in [0.717, 1.165) is 86.2 Å². The van der Waals surface area contributed by atoms with E-state index < -0.39 is 0 Å². The zero-order valence-electron chi connectivity index (χ0n) is 15.8. The van der Waals surface area contributed by atoms with Crippen molar-refractivity contribution in [2.45, 2.75) is 38.5 Å². The third kappa shape index (κ3) is 3.33. The fourth-order valence-corrected chi connectivity index (χ4v) is 5.04. The first-order valence-corrected chi connectivity index (χ1v) is 10.4. The van der Waals surface area contributed by atoms with Crippen LogP contribution in [0.1, 0.15) is 37.0 Å².